The third-order valence-electron chi connectivity index (χ3n) is 2.84. The number of hydrogen-bond donors (Lipinski definition) is 2. The molecule has 112 valence electrons. The van der Waals surface area contributed by atoms with E-state index in [1.807, 2.05) is 0 Å². The average Bonchev–Trinajstić information content (AvgIpc) is 2.38. The van der Waals surface area contributed by atoms with E-state index in [2.05, 4.69) is 17.6 Å². The first-order chi connectivity index (χ1) is 9.43. The normalized spacial score (nSPS) is 11.1. The smallest absolute Gasteiger partial charge is 0.319 e. The summed E-state index contributed by atoms with van der Waals surface area (Å²) in [6, 6.07) is 5.90. The summed E-state index contributed by atoms with van der Waals surface area (Å²) in [7, 11) is -3.26. The van der Waals surface area contributed by atoms with Crippen molar-refractivity contribution < 1.29 is 13.2 Å². The fourth-order valence-electron chi connectivity index (χ4n) is 1.73. The first-order valence-corrected chi connectivity index (χ1v) is 8.67. The van der Waals surface area contributed by atoms with Gasteiger partial charge in [0.15, 0.2) is 9.84 Å². The minimum Gasteiger partial charge on any atom is -0.338 e. The van der Waals surface area contributed by atoms with E-state index in [9.17, 15) is 13.2 Å². The Balaban J connectivity index is 2.46. The Labute approximate surface area is 120 Å². The Hall–Kier alpha value is -1.56. The zero-order valence-electron chi connectivity index (χ0n) is 12.0. The molecule has 0 aliphatic carbocycles. The Morgan fingerprint density at radius 3 is 2.60 bits per heavy atom. The van der Waals surface area contributed by atoms with Gasteiger partial charge in [0.25, 0.3) is 0 Å². The SMILES string of the molecule is CCCCCCNC(=O)Nc1cccc(S(C)(=O)=O)c1. The number of unbranched alkanes of at least 4 members (excludes halogenated alkanes) is 3. The Bertz CT molecular complexity index is 541. The highest BCUT2D eigenvalue weighted by Crippen LogP contribution is 2.15. The van der Waals surface area contributed by atoms with Crippen molar-refractivity contribution in [3.8, 4) is 0 Å². The lowest BCUT2D eigenvalue weighted by Crippen LogP contribution is -2.29. The number of benzene rings is 1. The molecule has 0 saturated heterocycles. The van der Waals surface area contributed by atoms with Gasteiger partial charge in [-0.15, -0.1) is 0 Å². The van der Waals surface area contributed by atoms with Gasteiger partial charge in [-0.25, -0.2) is 13.2 Å². The van der Waals surface area contributed by atoms with Crippen LogP contribution in [0, 0.1) is 0 Å². The van der Waals surface area contributed by atoms with Crippen LogP contribution in [0.2, 0.25) is 0 Å². The van der Waals surface area contributed by atoms with Crippen LogP contribution in [0.25, 0.3) is 0 Å². The van der Waals surface area contributed by atoms with Gasteiger partial charge in [0.2, 0.25) is 0 Å². The minimum atomic E-state index is -3.26. The molecule has 0 bridgehead atoms. The molecule has 1 rings (SSSR count). The van der Waals surface area contributed by atoms with Gasteiger partial charge in [-0.05, 0) is 24.6 Å². The number of anilines is 1. The molecule has 0 unspecified atom stereocenters. The van der Waals surface area contributed by atoms with E-state index in [-0.39, 0.29) is 10.9 Å². The maximum absolute atomic E-state index is 11.6. The topological polar surface area (TPSA) is 75.3 Å². The summed E-state index contributed by atoms with van der Waals surface area (Å²) in [5, 5.41) is 5.38. The van der Waals surface area contributed by atoms with Crippen LogP contribution in [-0.4, -0.2) is 27.2 Å². The molecular weight excluding hydrogens is 276 g/mol. The van der Waals surface area contributed by atoms with Crippen LogP contribution in [-0.2, 0) is 9.84 Å². The lowest BCUT2D eigenvalue weighted by molar-refractivity contribution is 0.252. The lowest BCUT2D eigenvalue weighted by Gasteiger charge is -2.08. The van der Waals surface area contributed by atoms with Crippen molar-refractivity contribution >= 4 is 21.6 Å². The molecule has 20 heavy (non-hydrogen) atoms. The van der Waals surface area contributed by atoms with Crippen molar-refractivity contribution in [2.75, 3.05) is 18.1 Å². The molecule has 0 saturated carbocycles. The quantitative estimate of drug-likeness (QED) is 0.760. The van der Waals surface area contributed by atoms with Crippen molar-refractivity contribution in [1.82, 2.24) is 5.32 Å². The highest BCUT2D eigenvalue weighted by molar-refractivity contribution is 7.90. The number of amides is 2. The molecule has 6 heteroatoms. The van der Waals surface area contributed by atoms with Crippen molar-refractivity contribution in [3.05, 3.63) is 24.3 Å². The van der Waals surface area contributed by atoms with Crippen molar-refractivity contribution in [2.24, 2.45) is 0 Å². The number of hydrogen-bond acceptors (Lipinski definition) is 3. The maximum Gasteiger partial charge on any atom is 0.319 e. The Kier molecular flexibility index (Phi) is 6.51. The maximum atomic E-state index is 11.6. The fraction of sp³-hybridized carbons (Fsp3) is 0.500. The van der Waals surface area contributed by atoms with E-state index in [1.54, 1.807) is 12.1 Å². The summed E-state index contributed by atoms with van der Waals surface area (Å²) < 4.78 is 22.8. The Morgan fingerprint density at radius 2 is 1.95 bits per heavy atom. The van der Waals surface area contributed by atoms with Gasteiger partial charge in [-0.1, -0.05) is 32.3 Å². The monoisotopic (exact) mass is 298 g/mol. The fourth-order valence-corrected chi connectivity index (χ4v) is 2.40. The predicted molar refractivity (Wildman–Crippen MR) is 80.7 cm³/mol. The molecular formula is C14H22N2O3S. The number of carbonyl (C=O) groups is 1. The molecule has 0 fully saturated rings. The third-order valence-corrected chi connectivity index (χ3v) is 3.95. The van der Waals surface area contributed by atoms with Crippen LogP contribution in [0.4, 0.5) is 10.5 Å². The molecule has 0 atom stereocenters. The van der Waals surface area contributed by atoms with E-state index >= 15 is 0 Å². The van der Waals surface area contributed by atoms with Crippen LogP contribution in [0.3, 0.4) is 0 Å². The Morgan fingerprint density at radius 1 is 1.20 bits per heavy atom. The number of rotatable bonds is 7. The third kappa shape index (κ3) is 6.06. The summed E-state index contributed by atoms with van der Waals surface area (Å²) in [6.45, 7) is 2.76. The standard InChI is InChI=1S/C14H22N2O3S/c1-3-4-5-6-10-15-14(17)16-12-8-7-9-13(11-12)20(2,18)19/h7-9,11H,3-6,10H2,1-2H3,(H2,15,16,17). The lowest BCUT2D eigenvalue weighted by atomic mass is 10.2. The molecule has 5 nitrogen and oxygen atoms in total. The zero-order chi connectivity index (χ0) is 15.0. The van der Waals surface area contributed by atoms with E-state index in [1.165, 1.54) is 18.6 Å². The van der Waals surface area contributed by atoms with Gasteiger partial charge in [0.05, 0.1) is 4.90 Å². The molecule has 0 aromatic heterocycles. The van der Waals surface area contributed by atoms with Crippen LogP contribution < -0.4 is 10.6 Å². The molecule has 2 N–H and O–H groups in total. The van der Waals surface area contributed by atoms with Gasteiger partial charge < -0.3 is 10.6 Å². The van der Waals surface area contributed by atoms with E-state index in [0.29, 0.717) is 12.2 Å². The molecule has 1 aromatic carbocycles. The van der Waals surface area contributed by atoms with E-state index in [0.717, 1.165) is 25.5 Å². The largest absolute Gasteiger partial charge is 0.338 e. The van der Waals surface area contributed by atoms with Crippen LogP contribution in [0.1, 0.15) is 32.6 Å². The first kappa shape index (κ1) is 16.5. The second kappa shape index (κ2) is 7.89. The average molecular weight is 298 g/mol. The second-order valence-corrected chi connectivity index (χ2v) is 6.76. The zero-order valence-corrected chi connectivity index (χ0v) is 12.8. The molecule has 0 spiro atoms. The molecule has 0 aliphatic heterocycles. The van der Waals surface area contributed by atoms with Crippen molar-refractivity contribution in [2.45, 2.75) is 37.5 Å². The number of nitrogens with one attached hydrogen (secondary N) is 2. The van der Waals surface area contributed by atoms with Crippen LogP contribution in [0.15, 0.2) is 29.2 Å². The molecule has 0 radical (unpaired) electrons. The van der Waals surface area contributed by atoms with Gasteiger partial charge in [-0.3, -0.25) is 0 Å². The van der Waals surface area contributed by atoms with Crippen molar-refractivity contribution in [1.29, 1.82) is 0 Å². The summed E-state index contributed by atoms with van der Waals surface area (Å²) >= 11 is 0. The summed E-state index contributed by atoms with van der Waals surface area (Å²) in [5.41, 5.74) is 0.471. The minimum absolute atomic E-state index is 0.193. The predicted octanol–water partition coefficient (Wildman–Crippen LogP) is 2.79. The first-order valence-electron chi connectivity index (χ1n) is 6.78. The van der Waals surface area contributed by atoms with Crippen molar-refractivity contribution in [3.63, 3.8) is 0 Å². The van der Waals surface area contributed by atoms with Gasteiger partial charge in [0.1, 0.15) is 0 Å². The number of sulfone groups is 1. The van der Waals surface area contributed by atoms with Gasteiger partial charge >= 0.3 is 6.03 Å². The highest BCUT2D eigenvalue weighted by atomic mass is 32.2. The van der Waals surface area contributed by atoms with Gasteiger partial charge in [-0.2, -0.15) is 0 Å². The molecule has 1 aromatic rings. The van der Waals surface area contributed by atoms with E-state index < -0.39 is 9.84 Å². The highest BCUT2D eigenvalue weighted by Gasteiger charge is 2.08. The summed E-state index contributed by atoms with van der Waals surface area (Å²) in [4.78, 5) is 11.8. The van der Waals surface area contributed by atoms with Crippen LogP contribution >= 0.6 is 0 Å². The molecule has 0 aliphatic rings. The number of carbonyl (C=O) groups excluding carboxylic acids is 1. The second-order valence-electron chi connectivity index (χ2n) is 4.74. The van der Waals surface area contributed by atoms with Gasteiger partial charge in [0, 0.05) is 18.5 Å². The van der Waals surface area contributed by atoms with E-state index in [4.69, 9.17) is 0 Å². The molecule has 0 heterocycles. The summed E-state index contributed by atoms with van der Waals surface area (Å²) in [6.07, 6.45) is 5.51. The number of urea groups is 1. The molecule has 2 amide bonds. The summed E-state index contributed by atoms with van der Waals surface area (Å²) in [5.74, 6) is 0. The van der Waals surface area contributed by atoms with Crippen LogP contribution in [0.5, 0.6) is 0 Å².